The number of anilines is 2. The molecule has 0 saturated carbocycles. The van der Waals surface area contributed by atoms with E-state index in [9.17, 15) is 0 Å². The summed E-state index contributed by atoms with van der Waals surface area (Å²) in [7, 11) is 0. The van der Waals surface area contributed by atoms with Crippen molar-refractivity contribution in [3.8, 4) is 5.75 Å². The maximum Gasteiger partial charge on any atom is 0.144 e. The molecule has 112 valence electrons. The van der Waals surface area contributed by atoms with Gasteiger partial charge in [-0.05, 0) is 31.4 Å². The predicted octanol–water partition coefficient (Wildman–Crippen LogP) is 3.28. The summed E-state index contributed by atoms with van der Waals surface area (Å²) >= 11 is 0. The molecule has 0 aliphatic carbocycles. The van der Waals surface area contributed by atoms with Crippen molar-refractivity contribution in [1.82, 2.24) is 0 Å². The van der Waals surface area contributed by atoms with Crippen molar-refractivity contribution < 1.29 is 9.47 Å². The fourth-order valence-electron chi connectivity index (χ4n) is 2.65. The lowest BCUT2D eigenvalue weighted by atomic mass is 9.99. The molecule has 1 aromatic carbocycles. The van der Waals surface area contributed by atoms with Crippen LogP contribution in [0.4, 0.5) is 11.4 Å². The van der Waals surface area contributed by atoms with Gasteiger partial charge < -0.3 is 20.5 Å². The molecular weight excluding hydrogens is 252 g/mol. The minimum absolute atomic E-state index is 0.378. The van der Waals surface area contributed by atoms with Crippen LogP contribution in [-0.4, -0.2) is 25.9 Å². The summed E-state index contributed by atoms with van der Waals surface area (Å²) in [6.07, 6.45) is 3.55. The lowest BCUT2D eigenvalue weighted by molar-refractivity contribution is 0.0900. The van der Waals surface area contributed by atoms with E-state index in [1.165, 1.54) is 0 Å². The summed E-state index contributed by atoms with van der Waals surface area (Å²) in [5, 5.41) is 3.45. The fourth-order valence-corrected chi connectivity index (χ4v) is 2.65. The van der Waals surface area contributed by atoms with E-state index in [1.54, 1.807) is 0 Å². The van der Waals surface area contributed by atoms with Gasteiger partial charge in [0, 0.05) is 19.1 Å². The molecule has 1 fully saturated rings. The Balaban J connectivity index is 1.95. The van der Waals surface area contributed by atoms with Gasteiger partial charge in [0.1, 0.15) is 5.75 Å². The van der Waals surface area contributed by atoms with Crippen LogP contribution in [0.5, 0.6) is 5.75 Å². The Morgan fingerprint density at radius 2 is 2.25 bits per heavy atom. The number of benzene rings is 1. The average molecular weight is 278 g/mol. The third kappa shape index (κ3) is 3.57. The topological polar surface area (TPSA) is 56.5 Å². The van der Waals surface area contributed by atoms with Crippen LogP contribution in [-0.2, 0) is 4.74 Å². The molecule has 0 amide bonds. The van der Waals surface area contributed by atoms with E-state index in [0.29, 0.717) is 24.3 Å². The van der Waals surface area contributed by atoms with Crippen LogP contribution < -0.4 is 15.8 Å². The van der Waals surface area contributed by atoms with Crippen LogP contribution >= 0.6 is 0 Å². The zero-order valence-corrected chi connectivity index (χ0v) is 12.5. The molecule has 2 rings (SSSR count). The van der Waals surface area contributed by atoms with Crippen molar-refractivity contribution in [2.24, 2.45) is 5.92 Å². The molecule has 1 heterocycles. The molecule has 0 bridgehead atoms. The molecular formula is C16H26N2O2. The van der Waals surface area contributed by atoms with Gasteiger partial charge >= 0.3 is 0 Å². The Hall–Kier alpha value is -1.42. The second kappa shape index (κ2) is 7.39. The van der Waals surface area contributed by atoms with Crippen LogP contribution in [0.1, 0.15) is 33.1 Å². The number of ether oxygens (including phenoxy) is 2. The van der Waals surface area contributed by atoms with Crippen molar-refractivity contribution in [2.45, 2.75) is 39.2 Å². The fraction of sp³-hybridized carbons (Fsp3) is 0.625. The number of rotatable bonds is 7. The summed E-state index contributed by atoms with van der Waals surface area (Å²) in [5.74, 6) is 1.34. The van der Waals surface area contributed by atoms with Gasteiger partial charge in [-0.25, -0.2) is 0 Å². The molecule has 1 aromatic rings. The Labute approximate surface area is 121 Å². The zero-order chi connectivity index (χ0) is 14.4. The van der Waals surface area contributed by atoms with E-state index in [2.05, 4.69) is 19.2 Å². The van der Waals surface area contributed by atoms with E-state index >= 15 is 0 Å². The van der Waals surface area contributed by atoms with Crippen molar-refractivity contribution >= 4 is 11.4 Å². The predicted molar refractivity (Wildman–Crippen MR) is 83.3 cm³/mol. The van der Waals surface area contributed by atoms with E-state index in [-0.39, 0.29) is 0 Å². The van der Waals surface area contributed by atoms with Gasteiger partial charge in [-0.3, -0.25) is 0 Å². The van der Waals surface area contributed by atoms with Crippen molar-refractivity contribution in [3.05, 3.63) is 18.2 Å². The number of nitrogens with one attached hydrogen (secondary N) is 1. The number of hydrogen-bond acceptors (Lipinski definition) is 4. The molecule has 4 heteroatoms. The summed E-state index contributed by atoms with van der Waals surface area (Å²) in [5.41, 5.74) is 7.82. The van der Waals surface area contributed by atoms with Gasteiger partial charge in [0.25, 0.3) is 0 Å². The normalized spacial score (nSPS) is 21.9. The smallest absolute Gasteiger partial charge is 0.144 e. The average Bonchev–Trinajstić information content (AvgIpc) is 2.92. The first-order valence-electron chi connectivity index (χ1n) is 7.63. The first-order valence-corrected chi connectivity index (χ1v) is 7.63. The molecule has 1 aliphatic rings. The number of nitrogen functional groups attached to an aromatic ring is 1. The van der Waals surface area contributed by atoms with Crippen LogP contribution in [0, 0.1) is 5.92 Å². The molecule has 2 unspecified atom stereocenters. The van der Waals surface area contributed by atoms with E-state index in [4.69, 9.17) is 15.2 Å². The Bertz CT molecular complexity index is 423. The van der Waals surface area contributed by atoms with Crippen molar-refractivity contribution in [1.29, 1.82) is 0 Å². The molecule has 20 heavy (non-hydrogen) atoms. The van der Waals surface area contributed by atoms with Crippen molar-refractivity contribution in [2.75, 3.05) is 30.8 Å². The first kappa shape index (κ1) is 15.0. The first-order chi connectivity index (χ1) is 9.76. The maximum absolute atomic E-state index is 6.16. The molecule has 4 nitrogen and oxygen atoms in total. The zero-order valence-electron chi connectivity index (χ0n) is 12.5. The monoisotopic (exact) mass is 278 g/mol. The molecule has 2 atom stereocenters. The van der Waals surface area contributed by atoms with Gasteiger partial charge in [0.2, 0.25) is 0 Å². The SMILES string of the molecule is CCCOc1cccc(NCC2CCOC2CC)c1N. The van der Waals surface area contributed by atoms with Gasteiger partial charge in [-0.2, -0.15) is 0 Å². The minimum Gasteiger partial charge on any atom is -0.491 e. The highest BCUT2D eigenvalue weighted by Gasteiger charge is 2.26. The second-order valence-electron chi connectivity index (χ2n) is 5.31. The molecule has 3 N–H and O–H groups in total. The maximum atomic E-state index is 6.16. The molecule has 1 aliphatic heterocycles. The second-order valence-corrected chi connectivity index (χ2v) is 5.31. The molecule has 1 saturated heterocycles. The Morgan fingerprint density at radius 1 is 1.40 bits per heavy atom. The van der Waals surface area contributed by atoms with Gasteiger partial charge in [0.05, 0.1) is 24.1 Å². The van der Waals surface area contributed by atoms with Crippen LogP contribution in [0.3, 0.4) is 0 Å². The molecule has 0 aromatic heterocycles. The highest BCUT2D eigenvalue weighted by Crippen LogP contribution is 2.31. The summed E-state index contributed by atoms with van der Waals surface area (Å²) < 4.78 is 11.4. The third-order valence-electron chi connectivity index (χ3n) is 3.83. The van der Waals surface area contributed by atoms with Gasteiger partial charge in [-0.1, -0.05) is 19.9 Å². The van der Waals surface area contributed by atoms with E-state index < -0.39 is 0 Å². The minimum atomic E-state index is 0.378. The Kier molecular flexibility index (Phi) is 5.53. The van der Waals surface area contributed by atoms with E-state index in [0.717, 1.165) is 43.9 Å². The highest BCUT2D eigenvalue weighted by molar-refractivity contribution is 5.72. The molecule has 0 radical (unpaired) electrons. The van der Waals surface area contributed by atoms with Crippen LogP contribution in [0.2, 0.25) is 0 Å². The lowest BCUT2D eigenvalue weighted by Gasteiger charge is -2.19. The van der Waals surface area contributed by atoms with Crippen molar-refractivity contribution in [3.63, 3.8) is 0 Å². The van der Waals surface area contributed by atoms with E-state index in [1.807, 2.05) is 18.2 Å². The van der Waals surface area contributed by atoms with Gasteiger partial charge in [0.15, 0.2) is 0 Å². The van der Waals surface area contributed by atoms with Crippen LogP contribution in [0.15, 0.2) is 18.2 Å². The number of nitrogens with two attached hydrogens (primary N) is 1. The highest BCUT2D eigenvalue weighted by atomic mass is 16.5. The Morgan fingerprint density at radius 3 is 3.00 bits per heavy atom. The summed E-state index contributed by atoms with van der Waals surface area (Å²) in [6.45, 7) is 6.74. The number of hydrogen-bond donors (Lipinski definition) is 2. The largest absolute Gasteiger partial charge is 0.491 e. The summed E-state index contributed by atoms with van der Waals surface area (Å²) in [4.78, 5) is 0. The van der Waals surface area contributed by atoms with Crippen LogP contribution in [0.25, 0.3) is 0 Å². The summed E-state index contributed by atoms with van der Waals surface area (Å²) in [6, 6.07) is 5.90. The quantitative estimate of drug-likeness (QED) is 0.751. The lowest BCUT2D eigenvalue weighted by Crippen LogP contribution is -2.23. The molecule has 0 spiro atoms. The third-order valence-corrected chi connectivity index (χ3v) is 3.83. The number of para-hydroxylation sites is 1. The standard InChI is InChI=1S/C16H26N2O2/c1-3-9-19-15-7-5-6-13(16(15)17)18-11-12-8-10-20-14(12)4-2/h5-7,12,14,18H,3-4,8-11,17H2,1-2H3. The van der Waals surface area contributed by atoms with Gasteiger partial charge in [-0.15, -0.1) is 0 Å².